The van der Waals surface area contributed by atoms with Crippen LogP contribution >= 0.6 is 0 Å². The molecule has 3 aromatic rings. The first kappa shape index (κ1) is 17.5. The zero-order chi connectivity index (χ0) is 18.4. The van der Waals surface area contributed by atoms with Crippen molar-refractivity contribution >= 4 is 17.6 Å². The van der Waals surface area contributed by atoms with Gasteiger partial charge >= 0.3 is 5.97 Å². The Bertz CT molecular complexity index is 910. The van der Waals surface area contributed by atoms with E-state index < -0.39 is 5.97 Å². The van der Waals surface area contributed by atoms with E-state index >= 15 is 0 Å². The Kier molecular flexibility index (Phi) is 5.49. The highest BCUT2D eigenvalue weighted by Gasteiger charge is 2.10. The van der Waals surface area contributed by atoms with Crippen LogP contribution in [0.5, 0.6) is 5.75 Å². The Morgan fingerprint density at radius 2 is 1.69 bits per heavy atom. The van der Waals surface area contributed by atoms with Crippen LogP contribution in [-0.4, -0.2) is 11.1 Å². The Balaban J connectivity index is 1.82. The predicted molar refractivity (Wildman–Crippen MR) is 104 cm³/mol. The maximum absolute atomic E-state index is 11.7. The van der Waals surface area contributed by atoms with Gasteiger partial charge in [0.15, 0.2) is 0 Å². The maximum Gasteiger partial charge on any atom is 0.336 e. The molecule has 0 fully saturated rings. The van der Waals surface area contributed by atoms with E-state index in [4.69, 9.17) is 4.74 Å². The monoisotopic (exact) mass is 344 g/mol. The second-order valence-corrected chi connectivity index (χ2v) is 6.08. The van der Waals surface area contributed by atoms with Crippen LogP contribution in [0.25, 0.3) is 11.6 Å². The summed E-state index contributed by atoms with van der Waals surface area (Å²) in [7, 11) is 0. The van der Waals surface area contributed by atoms with Crippen molar-refractivity contribution in [1.82, 2.24) is 0 Å². The molecule has 0 aromatic heterocycles. The molecule has 3 aromatic carbocycles. The van der Waals surface area contributed by atoms with Crippen molar-refractivity contribution in [3.05, 3.63) is 101 Å². The van der Waals surface area contributed by atoms with Crippen LogP contribution in [0.4, 0.5) is 0 Å². The fourth-order valence-corrected chi connectivity index (χ4v) is 2.60. The van der Waals surface area contributed by atoms with E-state index in [0.29, 0.717) is 17.9 Å². The Morgan fingerprint density at radius 3 is 2.38 bits per heavy atom. The van der Waals surface area contributed by atoms with Crippen LogP contribution in [0.15, 0.2) is 78.9 Å². The molecule has 1 N–H and O–H groups in total. The van der Waals surface area contributed by atoms with Gasteiger partial charge in [0.2, 0.25) is 0 Å². The smallest absolute Gasteiger partial charge is 0.336 e. The minimum atomic E-state index is -0.954. The predicted octanol–water partition coefficient (Wildman–Crippen LogP) is 5.20. The van der Waals surface area contributed by atoms with Gasteiger partial charge in [-0.2, -0.15) is 0 Å². The first-order valence-corrected chi connectivity index (χ1v) is 8.40. The summed E-state index contributed by atoms with van der Waals surface area (Å²) < 4.78 is 5.82. The van der Waals surface area contributed by atoms with Crippen molar-refractivity contribution in [1.29, 1.82) is 0 Å². The molecule has 3 rings (SSSR count). The molecule has 3 nitrogen and oxygen atoms in total. The minimum Gasteiger partial charge on any atom is -0.489 e. The molecule has 0 atom stereocenters. The van der Waals surface area contributed by atoms with Crippen molar-refractivity contribution in [2.24, 2.45) is 0 Å². The van der Waals surface area contributed by atoms with Crippen LogP contribution in [-0.2, 0) is 11.4 Å². The van der Waals surface area contributed by atoms with Gasteiger partial charge < -0.3 is 9.84 Å². The lowest BCUT2D eigenvalue weighted by molar-refractivity contribution is -0.130. The van der Waals surface area contributed by atoms with Crippen LogP contribution in [0.3, 0.4) is 0 Å². The summed E-state index contributed by atoms with van der Waals surface area (Å²) in [5.74, 6) is -0.249. The lowest BCUT2D eigenvalue weighted by atomic mass is 10.0. The molecule has 0 radical (unpaired) electrons. The quantitative estimate of drug-likeness (QED) is 0.494. The zero-order valence-corrected chi connectivity index (χ0v) is 14.6. The summed E-state index contributed by atoms with van der Waals surface area (Å²) in [5.41, 5.74) is 3.89. The normalized spacial score (nSPS) is 11.2. The van der Waals surface area contributed by atoms with E-state index in [9.17, 15) is 9.90 Å². The van der Waals surface area contributed by atoms with E-state index in [2.05, 4.69) is 0 Å². The molecule has 26 heavy (non-hydrogen) atoms. The van der Waals surface area contributed by atoms with Crippen LogP contribution in [0.1, 0.15) is 22.3 Å². The SMILES string of the molecule is Cc1ccc(/C(=C/c2cccc(OCc3ccccc3)c2)C(=O)O)cc1. The number of hydrogen-bond donors (Lipinski definition) is 1. The van der Waals surface area contributed by atoms with Gasteiger partial charge in [0.1, 0.15) is 12.4 Å². The molecule has 0 heterocycles. The van der Waals surface area contributed by atoms with E-state index in [1.54, 1.807) is 6.08 Å². The third-order valence-electron chi connectivity index (χ3n) is 4.01. The lowest BCUT2D eigenvalue weighted by Crippen LogP contribution is -2.00. The molecule has 0 saturated carbocycles. The molecule has 130 valence electrons. The Labute approximate surface area is 153 Å². The van der Waals surface area contributed by atoms with Crippen molar-refractivity contribution in [3.63, 3.8) is 0 Å². The van der Waals surface area contributed by atoms with Crippen molar-refractivity contribution in [2.75, 3.05) is 0 Å². The molecular formula is C23H20O3. The summed E-state index contributed by atoms with van der Waals surface area (Å²) in [4.78, 5) is 11.7. The van der Waals surface area contributed by atoms with Gasteiger partial charge in [-0.1, -0.05) is 72.3 Å². The van der Waals surface area contributed by atoms with Crippen LogP contribution in [0.2, 0.25) is 0 Å². The third kappa shape index (κ3) is 4.61. The second kappa shape index (κ2) is 8.17. The first-order chi connectivity index (χ1) is 12.6. The van der Waals surface area contributed by atoms with Gasteiger partial charge in [0.25, 0.3) is 0 Å². The van der Waals surface area contributed by atoms with Gasteiger partial charge in [-0.05, 0) is 41.8 Å². The number of ether oxygens (including phenoxy) is 1. The van der Waals surface area contributed by atoms with Crippen LogP contribution < -0.4 is 4.74 Å². The fraction of sp³-hybridized carbons (Fsp3) is 0.0870. The topological polar surface area (TPSA) is 46.5 Å². The van der Waals surface area contributed by atoms with Crippen LogP contribution in [0, 0.1) is 6.92 Å². The number of hydrogen-bond acceptors (Lipinski definition) is 2. The number of benzene rings is 3. The molecule has 0 aliphatic rings. The van der Waals surface area contributed by atoms with Crippen molar-refractivity contribution < 1.29 is 14.6 Å². The van der Waals surface area contributed by atoms with Gasteiger partial charge in [-0.3, -0.25) is 0 Å². The number of carboxylic acids is 1. The Hall–Kier alpha value is -3.33. The molecular weight excluding hydrogens is 324 g/mol. The van der Waals surface area contributed by atoms with Crippen molar-refractivity contribution in [2.45, 2.75) is 13.5 Å². The molecule has 0 amide bonds. The standard InChI is InChI=1S/C23H20O3/c1-17-10-12-20(13-11-17)22(23(24)25)15-19-8-5-9-21(14-19)26-16-18-6-3-2-4-7-18/h2-15H,16H2,1H3,(H,24,25)/b22-15-. The van der Waals surface area contributed by atoms with E-state index in [0.717, 1.165) is 16.7 Å². The molecule has 0 bridgehead atoms. The molecule has 0 aliphatic heterocycles. The summed E-state index contributed by atoms with van der Waals surface area (Å²) in [6.07, 6.45) is 1.67. The van der Waals surface area contributed by atoms with Gasteiger partial charge in [-0.15, -0.1) is 0 Å². The number of aryl methyl sites for hydroxylation is 1. The summed E-state index contributed by atoms with van der Waals surface area (Å²) in [6.45, 7) is 2.44. The number of carbonyl (C=O) groups is 1. The summed E-state index contributed by atoms with van der Waals surface area (Å²) in [6, 6.07) is 24.8. The highest BCUT2D eigenvalue weighted by molar-refractivity contribution is 6.20. The lowest BCUT2D eigenvalue weighted by Gasteiger charge is -2.08. The van der Waals surface area contributed by atoms with Gasteiger partial charge in [-0.25, -0.2) is 4.79 Å². The van der Waals surface area contributed by atoms with Gasteiger partial charge in [0, 0.05) is 0 Å². The summed E-state index contributed by atoms with van der Waals surface area (Å²) in [5, 5.41) is 9.58. The summed E-state index contributed by atoms with van der Waals surface area (Å²) >= 11 is 0. The maximum atomic E-state index is 11.7. The second-order valence-electron chi connectivity index (χ2n) is 6.08. The molecule has 3 heteroatoms. The molecule has 0 saturated heterocycles. The Morgan fingerprint density at radius 1 is 0.962 bits per heavy atom. The largest absolute Gasteiger partial charge is 0.489 e. The fourth-order valence-electron chi connectivity index (χ4n) is 2.60. The van der Waals surface area contributed by atoms with Gasteiger partial charge in [0.05, 0.1) is 5.57 Å². The average molecular weight is 344 g/mol. The highest BCUT2D eigenvalue weighted by atomic mass is 16.5. The third-order valence-corrected chi connectivity index (χ3v) is 4.01. The van der Waals surface area contributed by atoms with E-state index in [1.807, 2.05) is 85.8 Å². The number of carboxylic acid groups (broad SMARTS) is 1. The average Bonchev–Trinajstić information content (AvgIpc) is 2.66. The van der Waals surface area contributed by atoms with E-state index in [-0.39, 0.29) is 5.57 Å². The molecule has 0 unspecified atom stereocenters. The zero-order valence-electron chi connectivity index (χ0n) is 14.6. The minimum absolute atomic E-state index is 0.255. The first-order valence-electron chi connectivity index (χ1n) is 8.40. The molecule has 0 spiro atoms. The highest BCUT2D eigenvalue weighted by Crippen LogP contribution is 2.22. The number of aliphatic carboxylic acids is 1. The van der Waals surface area contributed by atoms with E-state index in [1.165, 1.54) is 0 Å². The van der Waals surface area contributed by atoms with Crippen molar-refractivity contribution in [3.8, 4) is 5.75 Å². The molecule has 0 aliphatic carbocycles. The number of rotatable bonds is 6.